The number of nitrogens with zero attached hydrogens (tertiary/aromatic N) is 1. The van der Waals surface area contributed by atoms with Gasteiger partial charge in [0.2, 0.25) is 0 Å². The minimum absolute atomic E-state index is 0.108. The summed E-state index contributed by atoms with van der Waals surface area (Å²) >= 11 is 0. The molecule has 2 aromatic carbocycles. The molecule has 4 heteroatoms. The number of benzene rings is 2. The fourth-order valence-electron chi connectivity index (χ4n) is 2.37. The van der Waals surface area contributed by atoms with Crippen molar-refractivity contribution in [2.24, 2.45) is 0 Å². The summed E-state index contributed by atoms with van der Waals surface area (Å²) in [4.78, 5) is 12.2. The molecule has 1 heterocycles. The van der Waals surface area contributed by atoms with Crippen LogP contribution < -0.4 is 4.74 Å². The van der Waals surface area contributed by atoms with Gasteiger partial charge in [0, 0.05) is 17.1 Å². The lowest BCUT2D eigenvalue weighted by Crippen LogP contribution is -2.11. The molecule has 0 saturated carbocycles. The van der Waals surface area contributed by atoms with Crippen LogP contribution in [0.2, 0.25) is 0 Å². The van der Waals surface area contributed by atoms with Crippen LogP contribution in [0.5, 0.6) is 5.75 Å². The fraction of sp³-hybridized carbons (Fsp3) is 0.118. The average Bonchev–Trinajstić information content (AvgIpc) is 2.89. The number of carbonyl (C=O) groups is 1. The highest BCUT2D eigenvalue weighted by molar-refractivity contribution is 5.97. The molecular formula is C17H14FNO2. The molecule has 3 rings (SSSR count). The molecule has 0 aliphatic carbocycles. The molecule has 0 aliphatic rings. The molecule has 0 fully saturated rings. The normalized spacial score (nSPS) is 10.8. The van der Waals surface area contributed by atoms with E-state index in [4.69, 9.17) is 4.74 Å². The summed E-state index contributed by atoms with van der Waals surface area (Å²) in [5.41, 5.74) is 1.04. The third-order valence-corrected chi connectivity index (χ3v) is 3.47. The van der Waals surface area contributed by atoms with Crippen molar-refractivity contribution in [3.05, 3.63) is 66.1 Å². The van der Waals surface area contributed by atoms with Crippen molar-refractivity contribution in [1.82, 2.24) is 4.57 Å². The highest BCUT2D eigenvalue weighted by atomic mass is 19.1. The molecule has 0 saturated heterocycles. The molecule has 0 atom stereocenters. The summed E-state index contributed by atoms with van der Waals surface area (Å²) in [7, 11) is 1.61. The maximum absolute atomic E-state index is 13.6. The van der Waals surface area contributed by atoms with Crippen LogP contribution in [0.4, 0.5) is 4.39 Å². The Hall–Kier alpha value is -2.62. The predicted octanol–water partition coefficient (Wildman–Crippen LogP) is 3.67. The van der Waals surface area contributed by atoms with E-state index in [1.165, 1.54) is 12.1 Å². The van der Waals surface area contributed by atoms with Crippen LogP contribution in [-0.2, 0) is 6.54 Å². The highest BCUT2D eigenvalue weighted by Gasteiger charge is 2.12. The van der Waals surface area contributed by atoms with E-state index < -0.39 is 5.82 Å². The molecule has 0 radical (unpaired) electrons. The van der Waals surface area contributed by atoms with E-state index in [2.05, 4.69) is 0 Å². The Kier molecular flexibility index (Phi) is 3.44. The maximum atomic E-state index is 13.6. The van der Waals surface area contributed by atoms with E-state index in [0.29, 0.717) is 0 Å². The molecule has 0 unspecified atom stereocenters. The van der Waals surface area contributed by atoms with E-state index in [1.54, 1.807) is 19.2 Å². The van der Waals surface area contributed by atoms with Crippen molar-refractivity contribution in [3.63, 3.8) is 0 Å². The first-order chi connectivity index (χ1) is 10.2. The van der Waals surface area contributed by atoms with Gasteiger partial charge >= 0.3 is 0 Å². The summed E-state index contributed by atoms with van der Waals surface area (Å²) in [6.07, 6.45) is 1.82. The number of halogens is 1. The van der Waals surface area contributed by atoms with Gasteiger partial charge in [-0.1, -0.05) is 12.1 Å². The van der Waals surface area contributed by atoms with Crippen molar-refractivity contribution in [2.75, 3.05) is 7.11 Å². The van der Waals surface area contributed by atoms with Crippen molar-refractivity contribution in [1.29, 1.82) is 0 Å². The van der Waals surface area contributed by atoms with Gasteiger partial charge in [-0.05, 0) is 36.4 Å². The van der Waals surface area contributed by atoms with E-state index in [9.17, 15) is 9.18 Å². The van der Waals surface area contributed by atoms with Crippen LogP contribution in [-0.4, -0.2) is 17.5 Å². The number of rotatable bonds is 4. The van der Waals surface area contributed by atoms with Crippen LogP contribution >= 0.6 is 0 Å². The van der Waals surface area contributed by atoms with E-state index in [1.807, 2.05) is 35.0 Å². The molecule has 0 aliphatic heterocycles. The summed E-state index contributed by atoms with van der Waals surface area (Å²) in [6, 6.07) is 13.6. The molecule has 0 N–H and O–H groups in total. The van der Waals surface area contributed by atoms with Gasteiger partial charge in [-0.3, -0.25) is 4.79 Å². The molecule has 1 aromatic heterocycles. The van der Waals surface area contributed by atoms with Gasteiger partial charge in [0.15, 0.2) is 5.78 Å². The second-order valence-electron chi connectivity index (χ2n) is 4.77. The standard InChI is InChI=1S/C17H14FNO2/c1-21-13-6-7-16-12(10-13)8-9-19(16)11-17(20)14-4-2-3-5-15(14)18/h2-10H,11H2,1H3. The Morgan fingerprint density at radius 1 is 1.19 bits per heavy atom. The molecule has 106 valence electrons. The lowest BCUT2D eigenvalue weighted by Gasteiger charge is -2.06. The van der Waals surface area contributed by atoms with Crippen molar-refractivity contribution in [3.8, 4) is 5.75 Å². The van der Waals surface area contributed by atoms with E-state index in [0.717, 1.165) is 16.7 Å². The summed E-state index contributed by atoms with van der Waals surface area (Å²) in [5.74, 6) is 0.0303. The SMILES string of the molecule is COc1ccc2c(ccn2CC(=O)c2ccccc2F)c1. The van der Waals surface area contributed by atoms with Crippen molar-refractivity contribution < 1.29 is 13.9 Å². The average molecular weight is 283 g/mol. The highest BCUT2D eigenvalue weighted by Crippen LogP contribution is 2.22. The van der Waals surface area contributed by atoms with Crippen LogP contribution in [0.1, 0.15) is 10.4 Å². The molecular weight excluding hydrogens is 269 g/mol. The zero-order chi connectivity index (χ0) is 14.8. The number of ketones is 1. The number of hydrogen-bond donors (Lipinski definition) is 0. The zero-order valence-corrected chi connectivity index (χ0v) is 11.5. The van der Waals surface area contributed by atoms with Gasteiger partial charge in [0.1, 0.15) is 11.6 Å². The van der Waals surface area contributed by atoms with Gasteiger partial charge in [-0.25, -0.2) is 4.39 Å². The number of carbonyl (C=O) groups excluding carboxylic acids is 1. The Labute approximate surface area is 121 Å². The number of aromatic nitrogens is 1. The van der Waals surface area contributed by atoms with Gasteiger partial charge < -0.3 is 9.30 Å². The van der Waals surface area contributed by atoms with Crippen molar-refractivity contribution in [2.45, 2.75) is 6.54 Å². The summed E-state index contributed by atoms with van der Waals surface area (Å²) < 4.78 is 20.6. The number of ether oxygens (including phenoxy) is 1. The smallest absolute Gasteiger partial charge is 0.185 e. The first kappa shape index (κ1) is 13.4. The Bertz CT molecular complexity index is 807. The largest absolute Gasteiger partial charge is 0.497 e. The van der Waals surface area contributed by atoms with Crippen LogP contribution in [0, 0.1) is 5.82 Å². The lowest BCUT2D eigenvalue weighted by atomic mass is 10.1. The van der Waals surface area contributed by atoms with Crippen LogP contribution in [0.3, 0.4) is 0 Å². The quantitative estimate of drug-likeness (QED) is 0.684. The Morgan fingerprint density at radius 2 is 2.00 bits per heavy atom. The lowest BCUT2D eigenvalue weighted by molar-refractivity contribution is 0.0969. The molecule has 0 bridgehead atoms. The first-order valence-electron chi connectivity index (χ1n) is 6.59. The Balaban J connectivity index is 1.92. The van der Waals surface area contributed by atoms with E-state index in [-0.39, 0.29) is 17.9 Å². The van der Waals surface area contributed by atoms with Gasteiger partial charge in [-0.2, -0.15) is 0 Å². The fourth-order valence-corrected chi connectivity index (χ4v) is 2.37. The molecule has 0 spiro atoms. The third-order valence-electron chi connectivity index (χ3n) is 3.47. The minimum atomic E-state index is -0.486. The number of methoxy groups -OCH3 is 1. The third kappa shape index (κ3) is 2.52. The van der Waals surface area contributed by atoms with E-state index >= 15 is 0 Å². The van der Waals surface area contributed by atoms with Crippen molar-refractivity contribution >= 4 is 16.7 Å². The molecule has 3 aromatic rings. The van der Waals surface area contributed by atoms with Gasteiger partial charge in [-0.15, -0.1) is 0 Å². The predicted molar refractivity (Wildman–Crippen MR) is 79.2 cm³/mol. The summed E-state index contributed by atoms with van der Waals surface area (Å²) in [5, 5.41) is 0.982. The molecule has 3 nitrogen and oxygen atoms in total. The Morgan fingerprint density at radius 3 is 2.76 bits per heavy atom. The topological polar surface area (TPSA) is 31.2 Å². The van der Waals surface area contributed by atoms with Gasteiger partial charge in [0.25, 0.3) is 0 Å². The minimum Gasteiger partial charge on any atom is -0.497 e. The number of hydrogen-bond acceptors (Lipinski definition) is 2. The van der Waals surface area contributed by atoms with Gasteiger partial charge in [0.05, 0.1) is 19.2 Å². The molecule has 0 amide bonds. The summed E-state index contributed by atoms with van der Waals surface area (Å²) in [6.45, 7) is 0.108. The van der Waals surface area contributed by atoms with Crippen LogP contribution in [0.15, 0.2) is 54.7 Å². The zero-order valence-electron chi connectivity index (χ0n) is 11.5. The monoisotopic (exact) mass is 283 g/mol. The molecule has 21 heavy (non-hydrogen) atoms. The number of fused-ring (bicyclic) bond motifs is 1. The second-order valence-corrected chi connectivity index (χ2v) is 4.77. The number of Topliss-reactive ketones (excluding diaryl/α,β-unsaturated/α-hetero) is 1. The van der Waals surface area contributed by atoms with Crippen LogP contribution in [0.25, 0.3) is 10.9 Å². The first-order valence-corrected chi connectivity index (χ1v) is 6.59. The maximum Gasteiger partial charge on any atom is 0.185 e. The second kappa shape index (κ2) is 5.40.